The van der Waals surface area contributed by atoms with Gasteiger partial charge < -0.3 is 0 Å². The SMILES string of the molecule is C=CC/C(C)=C(\CCCCC)Sc1ccccc1. The van der Waals surface area contributed by atoms with Gasteiger partial charge in [-0.25, -0.2) is 0 Å². The molecule has 1 aromatic rings. The van der Waals surface area contributed by atoms with E-state index in [1.807, 2.05) is 17.8 Å². The Labute approximate surface area is 116 Å². The van der Waals surface area contributed by atoms with E-state index >= 15 is 0 Å². The first-order valence-electron chi connectivity index (χ1n) is 6.80. The molecule has 1 aromatic carbocycles. The Morgan fingerprint density at radius 3 is 2.56 bits per heavy atom. The van der Waals surface area contributed by atoms with Crippen LogP contribution in [0.5, 0.6) is 0 Å². The van der Waals surface area contributed by atoms with E-state index in [0.29, 0.717) is 0 Å². The molecular weight excluding hydrogens is 236 g/mol. The predicted molar refractivity (Wildman–Crippen MR) is 84.0 cm³/mol. The molecule has 0 aliphatic rings. The zero-order valence-electron chi connectivity index (χ0n) is 11.6. The second-order valence-corrected chi connectivity index (χ2v) is 5.74. The van der Waals surface area contributed by atoms with Gasteiger partial charge in [0.05, 0.1) is 0 Å². The number of thioether (sulfide) groups is 1. The molecule has 0 spiro atoms. The van der Waals surface area contributed by atoms with Gasteiger partial charge in [-0.3, -0.25) is 0 Å². The third-order valence-electron chi connectivity index (χ3n) is 2.92. The van der Waals surface area contributed by atoms with Crippen LogP contribution in [0.3, 0.4) is 0 Å². The fraction of sp³-hybridized carbons (Fsp3) is 0.412. The second kappa shape index (κ2) is 9.04. The molecule has 0 bridgehead atoms. The lowest BCUT2D eigenvalue weighted by molar-refractivity contribution is 0.722. The lowest BCUT2D eigenvalue weighted by atomic mass is 10.1. The summed E-state index contributed by atoms with van der Waals surface area (Å²) in [7, 11) is 0. The van der Waals surface area contributed by atoms with Gasteiger partial charge in [0, 0.05) is 4.90 Å². The summed E-state index contributed by atoms with van der Waals surface area (Å²) in [6.07, 6.45) is 8.10. The molecule has 0 aliphatic carbocycles. The summed E-state index contributed by atoms with van der Waals surface area (Å²) in [6.45, 7) is 8.33. The highest BCUT2D eigenvalue weighted by molar-refractivity contribution is 8.03. The number of unbranched alkanes of at least 4 members (excludes halogenated alkanes) is 2. The van der Waals surface area contributed by atoms with Crippen LogP contribution in [0.15, 0.2) is 58.4 Å². The zero-order chi connectivity index (χ0) is 13.2. The molecule has 1 heteroatoms. The summed E-state index contributed by atoms with van der Waals surface area (Å²) in [4.78, 5) is 2.86. The molecule has 0 N–H and O–H groups in total. The Bertz CT molecular complexity index is 376. The average Bonchev–Trinajstić information content (AvgIpc) is 2.39. The van der Waals surface area contributed by atoms with Crippen LogP contribution in [0, 0.1) is 0 Å². The quantitative estimate of drug-likeness (QED) is 0.304. The van der Waals surface area contributed by atoms with Gasteiger partial charge in [-0.05, 0) is 43.2 Å². The smallest absolute Gasteiger partial charge is 0.0119 e. The topological polar surface area (TPSA) is 0 Å². The van der Waals surface area contributed by atoms with Gasteiger partial charge in [-0.1, -0.05) is 61.4 Å². The largest absolute Gasteiger partial charge is 0.103 e. The van der Waals surface area contributed by atoms with Crippen molar-refractivity contribution in [2.45, 2.75) is 50.8 Å². The van der Waals surface area contributed by atoms with Crippen LogP contribution >= 0.6 is 11.8 Å². The van der Waals surface area contributed by atoms with Gasteiger partial charge >= 0.3 is 0 Å². The van der Waals surface area contributed by atoms with Crippen LogP contribution < -0.4 is 0 Å². The maximum atomic E-state index is 3.84. The molecular formula is C17H24S. The van der Waals surface area contributed by atoms with Crippen LogP contribution in [0.25, 0.3) is 0 Å². The summed E-state index contributed by atoms with van der Waals surface area (Å²) < 4.78 is 0. The van der Waals surface area contributed by atoms with E-state index in [9.17, 15) is 0 Å². The predicted octanol–water partition coefficient (Wildman–Crippen LogP) is 6.21. The molecule has 1 rings (SSSR count). The molecule has 18 heavy (non-hydrogen) atoms. The number of benzene rings is 1. The van der Waals surface area contributed by atoms with E-state index in [0.717, 1.165) is 6.42 Å². The first kappa shape index (κ1) is 15.1. The minimum Gasteiger partial charge on any atom is -0.103 e. The van der Waals surface area contributed by atoms with Crippen LogP contribution in [0.2, 0.25) is 0 Å². The summed E-state index contributed by atoms with van der Waals surface area (Å²) in [6, 6.07) is 10.7. The van der Waals surface area contributed by atoms with Crippen molar-refractivity contribution >= 4 is 11.8 Å². The highest BCUT2D eigenvalue weighted by Gasteiger charge is 2.04. The third kappa shape index (κ3) is 5.59. The molecule has 0 aromatic heterocycles. The van der Waals surface area contributed by atoms with E-state index in [1.54, 1.807) is 0 Å². The van der Waals surface area contributed by atoms with Crippen LogP contribution in [-0.2, 0) is 0 Å². The Morgan fingerprint density at radius 2 is 1.94 bits per heavy atom. The second-order valence-electron chi connectivity index (χ2n) is 4.57. The van der Waals surface area contributed by atoms with E-state index in [-0.39, 0.29) is 0 Å². The van der Waals surface area contributed by atoms with Crippen molar-refractivity contribution in [1.82, 2.24) is 0 Å². The molecule has 0 nitrogen and oxygen atoms in total. The standard InChI is InChI=1S/C17H24S/c1-4-6-8-14-17(15(3)11-5-2)18-16-12-9-7-10-13-16/h5,7,9-10,12-13H,2,4,6,8,11,14H2,1,3H3/b17-15+. The maximum Gasteiger partial charge on any atom is 0.0119 e. The summed E-state index contributed by atoms with van der Waals surface area (Å²) in [5.41, 5.74) is 1.47. The van der Waals surface area contributed by atoms with Crippen molar-refractivity contribution in [2.75, 3.05) is 0 Å². The van der Waals surface area contributed by atoms with Gasteiger partial charge in [0.15, 0.2) is 0 Å². The van der Waals surface area contributed by atoms with Gasteiger partial charge in [-0.2, -0.15) is 0 Å². The fourth-order valence-corrected chi connectivity index (χ4v) is 2.93. The highest BCUT2D eigenvalue weighted by Crippen LogP contribution is 2.33. The Hall–Kier alpha value is -0.950. The maximum absolute atomic E-state index is 3.84. The Kier molecular flexibility index (Phi) is 7.59. The van der Waals surface area contributed by atoms with Gasteiger partial charge in [0.25, 0.3) is 0 Å². The number of hydrogen-bond donors (Lipinski definition) is 0. The molecule has 0 saturated carbocycles. The molecule has 0 fully saturated rings. The normalized spacial score (nSPS) is 12.1. The number of rotatable bonds is 8. The molecule has 98 valence electrons. The lowest BCUT2D eigenvalue weighted by Gasteiger charge is -2.11. The van der Waals surface area contributed by atoms with Crippen molar-refractivity contribution in [3.63, 3.8) is 0 Å². The average molecular weight is 260 g/mol. The Morgan fingerprint density at radius 1 is 1.22 bits per heavy atom. The molecule has 0 saturated heterocycles. The van der Waals surface area contributed by atoms with Crippen molar-refractivity contribution in [1.29, 1.82) is 0 Å². The lowest BCUT2D eigenvalue weighted by Crippen LogP contribution is -1.86. The number of allylic oxidation sites excluding steroid dienone is 3. The summed E-state index contributed by atoms with van der Waals surface area (Å²) in [5.74, 6) is 0. The van der Waals surface area contributed by atoms with Crippen LogP contribution in [-0.4, -0.2) is 0 Å². The van der Waals surface area contributed by atoms with Crippen molar-refractivity contribution < 1.29 is 0 Å². The zero-order valence-corrected chi connectivity index (χ0v) is 12.4. The van der Waals surface area contributed by atoms with Gasteiger partial charge in [-0.15, -0.1) is 6.58 Å². The molecule has 0 amide bonds. The van der Waals surface area contributed by atoms with Crippen molar-refractivity contribution in [3.8, 4) is 0 Å². The minimum absolute atomic E-state index is 1.00. The van der Waals surface area contributed by atoms with E-state index < -0.39 is 0 Å². The molecule has 0 unspecified atom stereocenters. The first-order valence-corrected chi connectivity index (χ1v) is 7.62. The fourth-order valence-electron chi connectivity index (χ4n) is 1.85. The summed E-state index contributed by atoms with van der Waals surface area (Å²) >= 11 is 1.92. The molecule has 0 atom stereocenters. The van der Waals surface area contributed by atoms with Gasteiger partial charge in [0.2, 0.25) is 0 Å². The van der Waals surface area contributed by atoms with E-state index in [1.165, 1.54) is 41.1 Å². The summed E-state index contributed by atoms with van der Waals surface area (Å²) in [5, 5.41) is 0. The molecule has 0 aliphatic heterocycles. The van der Waals surface area contributed by atoms with Crippen molar-refractivity contribution in [2.24, 2.45) is 0 Å². The number of hydrogen-bond acceptors (Lipinski definition) is 1. The molecule has 0 radical (unpaired) electrons. The molecule has 0 heterocycles. The Balaban J connectivity index is 2.71. The van der Waals surface area contributed by atoms with E-state index in [4.69, 9.17) is 0 Å². The van der Waals surface area contributed by atoms with E-state index in [2.05, 4.69) is 50.8 Å². The van der Waals surface area contributed by atoms with Crippen LogP contribution in [0.1, 0.15) is 46.0 Å². The monoisotopic (exact) mass is 260 g/mol. The van der Waals surface area contributed by atoms with Crippen LogP contribution in [0.4, 0.5) is 0 Å². The van der Waals surface area contributed by atoms with Gasteiger partial charge in [0.1, 0.15) is 0 Å². The van der Waals surface area contributed by atoms with Crippen molar-refractivity contribution in [3.05, 3.63) is 53.5 Å². The minimum atomic E-state index is 1.00. The first-order chi connectivity index (χ1) is 8.77. The highest BCUT2D eigenvalue weighted by atomic mass is 32.2. The third-order valence-corrected chi connectivity index (χ3v) is 4.23.